The number of carbonyl (C=O) groups excluding carboxylic acids is 1. The maximum absolute atomic E-state index is 13.4. The molecule has 1 unspecified atom stereocenters. The van der Waals surface area contributed by atoms with Crippen molar-refractivity contribution in [2.45, 2.75) is 18.2 Å². The van der Waals surface area contributed by atoms with Gasteiger partial charge in [0.05, 0.1) is 15.6 Å². The van der Waals surface area contributed by atoms with Crippen molar-refractivity contribution in [1.82, 2.24) is 5.32 Å². The van der Waals surface area contributed by atoms with Gasteiger partial charge in [0.2, 0.25) is 5.91 Å². The average molecular weight is 507 g/mol. The highest BCUT2D eigenvalue weighted by Gasteiger charge is 2.28. The van der Waals surface area contributed by atoms with Crippen molar-refractivity contribution in [3.63, 3.8) is 0 Å². The van der Waals surface area contributed by atoms with Crippen molar-refractivity contribution in [1.29, 1.82) is 0 Å². The number of hydrogen-bond acceptors (Lipinski definition) is 3. The van der Waals surface area contributed by atoms with E-state index in [1.165, 1.54) is 28.5 Å². The van der Waals surface area contributed by atoms with E-state index in [4.69, 9.17) is 11.6 Å². The van der Waals surface area contributed by atoms with Gasteiger partial charge in [-0.15, -0.1) is 0 Å². The second kappa shape index (κ2) is 10.9. The van der Waals surface area contributed by atoms with Gasteiger partial charge < -0.3 is 5.32 Å². The lowest BCUT2D eigenvalue weighted by atomic mass is 9.96. The highest BCUT2D eigenvalue weighted by molar-refractivity contribution is 7.92. The van der Waals surface area contributed by atoms with Crippen LogP contribution in [0.2, 0.25) is 5.02 Å². The third kappa shape index (κ3) is 5.84. The molecule has 0 aliphatic rings. The molecule has 0 heterocycles. The molecule has 0 radical (unpaired) electrons. The zero-order valence-electron chi connectivity index (χ0n) is 19.4. The average Bonchev–Trinajstić information content (AvgIpc) is 2.87. The second-order valence-corrected chi connectivity index (χ2v) is 10.8. The van der Waals surface area contributed by atoms with E-state index in [1.807, 2.05) is 18.2 Å². The van der Waals surface area contributed by atoms with E-state index in [0.717, 1.165) is 10.7 Å². The Morgan fingerprint density at radius 3 is 2.31 bits per heavy atom. The van der Waals surface area contributed by atoms with Crippen LogP contribution in [0.5, 0.6) is 0 Å². The molecule has 1 atom stereocenters. The van der Waals surface area contributed by atoms with Gasteiger partial charge in [-0.3, -0.25) is 9.10 Å². The molecule has 4 aromatic rings. The number of sulfonamides is 1. The van der Waals surface area contributed by atoms with Crippen LogP contribution in [0.25, 0.3) is 10.8 Å². The fourth-order valence-corrected chi connectivity index (χ4v) is 5.81. The predicted octanol–water partition coefficient (Wildman–Crippen LogP) is 5.68. The monoisotopic (exact) mass is 506 g/mol. The number of fused-ring (bicyclic) bond motifs is 1. The van der Waals surface area contributed by atoms with Gasteiger partial charge in [0, 0.05) is 6.54 Å². The molecule has 180 valence electrons. The summed E-state index contributed by atoms with van der Waals surface area (Å²) in [4.78, 5) is 13.0. The molecule has 0 aliphatic carbocycles. The first kappa shape index (κ1) is 24.8. The summed E-state index contributed by atoms with van der Waals surface area (Å²) in [5.74, 6) is -0.238. The van der Waals surface area contributed by atoms with Crippen LogP contribution in [0.4, 0.5) is 5.69 Å². The fourth-order valence-electron chi connectivity index (χ4n) is 4.07. The fraction of sp³-hybridized carbons (Fsp3) is 0.179. The molecule has 0 aliphatic heterocycles. The zero-order chi connectivity index (χ0) is 24.8. The highest BCUT2D eigenvalue weighted by atomic mass is 35.5. The van der Waals surface area contributed by atoms with Crippen molar-refractivity contribution in [2.75, 3.05) is 17.4 Å². The zero-order valence-corrected chi connectivity index (χ0v) is 21.0. The van der Waals surface area contributed by atoms with Gasteiger partial charge in [0.25, 0.3) is 10.0 Å². The summed E-state index contributed by atoms with van der Waals surface area (Å²) >= 11 is 6.32. The largest absolute Gasteiger partial charge is 0.354 e. The molecule has 35 heavy (non-hydrogen) atoms. The van der Waals surface area contributed by atoms with Crippen LogP contribution in [0.15, 0.2) is 102 Å². The Labute approximate surface area is 211 Å². The molecule has 5 nitrogen and oxygen atoms in total. The van der Waals surface area contributed by atoms with Crippen molar-refractivity contribution < 1.29 is 13.2 Å². The number of nitrogens with zero attached hydrogens (tertiary/aromatic N) is 1. The van der Waals surface area contributed by atoms with Gasteiger partial charge in [-0.05, 0) is 52.9 Å². The Balaban J connectivity index is 1.48. The second-order valence-electron chi connectivity index (χ2n) is 8.53. The molecule has 0 bridgehead atoms. The van der Waals surface area contributed by atoms with Gasteiger partial charge in [-0.2, -0.15) is 0 Å². The Hall–Kier alpha value is -3.35. The lowest BCUT2D eigenvalue weighted by Gasteiger charge is -2.25. The molecule has 1 N–H and O–H groups in total. The van der Waals surface area contributed by atoms with E-state index in [9.17, 15) is 13.2 Å². The molecule has 0 fully saturated rings. The number of halogens is 1. The molecule has 4 rings (SSSR count). The molecule has 0 aromatic heterocycles. The first-order valence-electron chi connectivity index (χ1n) is 11.4. The minimum atomic E-state index is -4.00. The number of para-hydroxylation sites is 1. The van der Waals surface area contributed by atoms with E-state index in [1.54, 1.807) is 42.5 Å². The van der Waals surface area contributed by atoms with Crippen molar-refractivity contribution in [3.05, 3.63) is 108 Å². The van der Waals surface area contributed by atoms with E-state index in [2.05, 4.69) is 36.5 Å². The van der Waals surface area contributed by atoms with Gasteiger partial charge >= 0.3 is 0 Å². The smallest absolute Gasteiger partial charge is 0.264 e. The van der Waals surface area contributed by atoms with Gasteiger partial charge in [0.1, 0.15) is 6.54 Å². The molecular weight excluding hydrogens is 480 g/mol. The molecule has 1 amide bonds. The topological polar surface area (TPSA) is 66.5 Å². The van der Waals surface area contributed by atoms with Crippen LogP contribution in [-0.4, -0.2) is 27.4 Å². The SMILES string of the molecule is CC(CNC(=O)CN(c1ccccc1Cl)S(=O)(=O)c1ccccc1)Cc1cccc2ccccc12. The summed E-state index contributed by atoms with van der Waals surface area (Å²) in [6, 6.07) is 29.1. The van der Waals surface area contributed by atoms with E-state index in [-0.39, 0.29) is 28.1 Å². The number of benzene rings is 4. The van der Waals surface area contributed by atoms with Crippen molar-refractivity contribution in [2.24, 2.45) is 5.92 Å². The number of nitrogens with one attached hydrogen (secondary N) is 1. The summed E-state index contributed by atoms with van der Waals surface area (Å²) < 4.78 is 27.9. The van der Waals surface area contributed by atoms with Crippen LogP contribution in [0.3, 0.4) is 0 Å². The molecule has 0 saturated heterocycles. The normalized spacial score (nSPS) is 12.3. The van der Waals surface area contributed by atoms with Crippen LogP contribution in [0, 0.1) is 5.92 Å². The lowest BCUT2D eigenvalue weighted by Crippen LogP contribution is -2.42. The Bertz CT molecular complexity index is 1420. The highest BCUT2D eigenvalue weighted by Crippen LogP contribution is 2.30. The maximum atomic E-state index is 13.4. The number of rotatable bonds is 9. The maximum Gasteiger partial charge on any atom is 0.264 e. The van der Waals surface area contributed by atoms with Crippen molar-refractivity contribution >= 4 is 44.0 Å². The van der Waals surface area contributed by atoms with Gasteiger partial charge in [-0.1, -0.05) is 91.3 Å². The van der Waals surface area contributed by atoms with Crippen LogP contribution in [0.1, 0.15) is 12.5 Å². The summed E-state index contributed by atoms with van der Waals surface area (Å²) in [6.07, 6.45) is 0.790. The third-order valence-electron chi connectivity index (χ3n) is 5.84. The van der Waals surface area contributed by atoms with Gasteiger partial charge in [0.15, 0.2) is 0 Å². The summed E-state index contributed by atoms with van der Waals surface area (Å²) in [5.41, 5.74) is 1.48. The van der Waals surface area contributed by atoms with Crippen LogP contribution in [-0.2, 0) is 21.2 Å². The third-order valence-corrected chi connectivity index (χ3v) is 7.93. The molecular formula is C28H27ClN2O3S. The quantitative estimate of drug-likeness (QED) is 0.317. The van der Waals surface area contributed by atoms with E-state index < -0.39 is 15.9 Å². The lowest BCUT2D eigenvalue weighted by molar-refractivity contribution is -0.119. The van der Waals surface area contributed by atoms with Crippen molar-refractivity contribution in [3.8, 4) is 0 Å². The Kier molecular flexibility index (Phi) is 7.73. The Morgan fingerprint density at radius 1 is 0.886 bits per heavy atom. The number of carbonyl (C=O) groups is 1. The first-order chi connectivity index (χ1) is 16.9. The predicted molar refractivity (Wildman–Crippen MR) is 142 cm³/mol. The summed E-state index contributed by atoms with van der Waals surface area (Å²) in [7, 11) is -4.00. The summed E-state index contributed by atoms with van der Waals surface area (Å²) in [5, 5.41) is 5.54. The first-order valence-corrected chi connectivity index (χ1v) is 13.2. The van der Waals surface area contributed by atoms with Crippen LogP contribution < -0.4 is 9.62 Å². The standard InChI is InChI=1S/C28H27ClN2O3S/c1-21(18-23-12-9-11-22-10-5-6-15-25(22)23)19-30-28(32)20-31(27-17-8-7-16-26(27)29)35(33,34)24-13-3-2-4-14-24/h2-17,21H,18-20H2,1H3,(H,30,32). The van der Waals surface area contributed by atoms with E-state index >= 15 is 0 Å². The number of hydrogen-bond donors (Lipinski definition) is 1. The molecule has 4 aromatic carbocycles. The minimum absolute atomic E-state index is 0.0945. The minimum Gasteiger partial charge on any atom is -0.354 e. The molecule has 7 heteroatoms. The molecule has 0 spiro atoms. The Morgan fingerprint density at radius 2 is 1.54 bits per heavy atom. The van der Waals surface area contributed by atoms with E-state index in [0.29, 0.717) is 6.54 Å². The van der Waals surface area contributed by atoms with Gasteiger partial charge in [-0.25, -0.2) is 8.42 Å². The summed E-state index contributed by atoms with van der Waals surface area (Å²) in [6.45, 7) is 2.11. The number of anilines is 1. The molecule has 0 saturated carbocycles. The number of amides is 1. The van der Waals surface area contributed by atoms with Crippen LogP contribution >= 0.6 is 11.6 Å².